The van der Waals surface area contributed by atoms with E-state index in [0.717, 1.165) is 0 Å². The molecule has 0 saturated heterocycles. The first-order valence-corrected chi connectivity index (χ1v) is 4.24. The van der Waals surface area contributed by atoms with Gasteiger partial charge in [0.15, 0.2) is 0 Å². The van der Waals surface area contributed by atoms with E-state index >= 15 is 0 Å². The number of halogens is 3. The number of rotatable bonds is 3. The Kier molecular flexibility index (Phi) is 3.52. The van der Waals surface area contributed by atoms with Gasteiger partial charge in [0.05, 0.1) is 7.11 Å². The molecule has 1 atom stereocenters. The Hall–Kier alpha value is -1.30. The number of hydrogen-bond acceptors (Lipinski definition) is 3. The summed E-state index contributed by atoms with van der Waals surface area (Å²) < 4.78 is 41.1. The van der Waals surface area contributed by atoms with Crippen LogP contribution in [0, 0.1) is 0 Å². The molecule has 1 heterocycles. The molecule has 1 aromatic heterocycles. The van der Waals surface area contributed by atoms with Crippen molar-refractivity contribution in [2.24, 2.45) is 5.73 Å². The van der Waals surface area contributed by atoms with Gasteiger partial charge in [-0.2, -0.15) is 13.2 Å². The van der Waals surface area contributed by atoms with Crippen LogP contribution in [0.2, 0.25) is 0 Å². The highest BCUT2D eigenvalue weighted by atomic mass is 19.4. The Balaban J connectivity index is 2.65. The molecule has 3 nitrogen and oxygen atoms in total. The topological polar surface area (TPSA) is 48.1 Å². The number of aromatic nitrogens is 1. The van der Waals surface area contributed by atoms with E-state index in [1.54, 1.807) is 0 Å². The van der Waals surface area contributed by atoms with Gasteiger partial charge in [0.1, 0.15) is 6.04 Å². The summed E-state index contributed by atoms with van der Waals surface area (Å²) in [5, 5.41) is 0. The van der Waals surface area contributed by atoms with Gasteiger partial charge in [-0.15, -0.1) is 0 Å². The molecule has 0 fully saturated rings. The van der Waals surface area contributed by atoms with Gasteiger partial charge in [-0.25, -0.2) is 4.98 Å². The van der Waals surface area contributed by atoms with E-state index in [2.05, 4.69) is 4.98 Å². The number of ether oxygens (including phenoxy) is 1. The maximum Gasteiger partial charge on any atom is 0.403 e. The molecule has 2 N–H and O–H groups in total. The highest BCUT2D eigenvalue weighted by molar-refractivity contribution is 5.18. The fraction of sp³-hybridized carbons (Fsp3) is 0.444. The quantitative estimate of drug-likeness (QED) is 0.840. The average molecular weight is 220 g/mol. The molecule has 0 aromatic carbocycles. The van der Waals surface area contributed by atoms with Crippen LogP contribution >= 0.6 is 0 Å². The zero-order valence-electron chi connectivity index (χ0n) is 8.08. The van der Waals surface area contributed by atoms with Crippen LogP contribution in [0.15, 0.2) is 18.3 Å². The first kappa shape index (κ1) is 11.8. The predicted molar refractivity (Wildman–Crippen MR) is 48.5 cm³/mol. The van der Waals surface area contributed by atoms with Gasteiger partial charge in [-0.05, 0) is 12.0 Å². The summed E-state index contributed by atoms with van der Waals surface area (Å²) in [7, 11) is 1.43. The Morgan fingerprint density at radius 3 is 2.53 bits per heavy atom. The molecule has 0 spiro atoms. The highest BCUT2D eigenvalue weighted by Crippen LogP contribution is 2.21. The number of nitrogens with two attached hydrogens (primary N) is 1. The number of pyridine rings is 1. The second-order valence-corrected chi connectivity index (χ2v) is 3.06. The lowest BCUT2D eigenvalue weighted by Crippen LogP contribution is -2.39. The molecule has 1 rings (SSSR count). The van der Waals surface area contributed by atoms with Crippen LogP contribution in [-0.4, -0.2) is 24.3 Å². The van der Waals surface area contributed by atoms with Gasteiger partial charge in [0.2, 0.25) is 5.88 Å². The van der Waals surface area contributed by atoms with Crippen molar-refractivity contribution >= 4 is 0 Å². The SMILES string of the molecule is COc1ccc(CC(N)C(F)(F)F)cn1. The van der Waals surface area contributed by atoms with Crippen molar-refractivity contribution in [3.05, 3.63) is 23.9 Å². The minimum atomic E-state index is -4.38. The fourth-order valence-electron chi connectivity index (χ4n) is 1.02. The second kappa shape index (κ2) is 4.48. The van der Waals surface area contributed by atoms with Crippen LogP contribution in [-0.2, 0) is 6.42 Å². The first-order valence-electron chi connectivity index (χ1n) is 4.24. The summed E-state index contributed by atoms with van der Waals surface area (Å²) in [6.07, 6.45) is -3.33. The molecule has 0 radical (unpaired) electrons. The average Bonchev–Trinajstić information content (AvgIpc) is 2.17. The molecule has 0 amide bonds. The molecule has 15 heavy (non-hydrogen) atoms. The van der Waals surface area contributed by atoms with Crippen molar-refractivity contribution in [1.29, 1.82) is 0 Å². The van der Waals surface area contributed by atoms with Crippen LogP contribution < -0.4 is 10.5 Å². The van der Waals surface area contributed by atoms with Gasteiger partial charge < -0.3 is 10.5 Å². The molecule has 1 aromatic rings. The molecular weight excluding hydrogens is 209 g/mol. The number of methoxy groups -OCH3 is 1. The third-order valence-electron chi connectivity index (χ3n) is 1.88. The third-order valence-corrected chi connectivity index (χ3v) is 1.88. The van der Waals surface area contributed by atoms with E-state index in [4.69, 9.17) is 10.5 Å². The largest absolute Gasteiger partial charge is 0.481 e. The smallest absolute Gasteiger partial charge is 0.403 e. The molecule has 1 unspecified atom stereocenters. The number of nitrogens with zero attached hydrogens (tertiary/aromatic N) is 1. The van der Waals surface area contributed by atoms with Crippen LogP contribution in [0.5, 0.6) is 5.88 Å². The molecule has 84 valence electrons. The fourth-order valence-corrected chi connectivity index (χ4v) is 1.02. The minimum Gasteiger partial charge on any atom is -0.481 e. The summed E-state index contributed by atoms with van der Waals surface area (Å²) in [6, 6.07) is 1.16. The zero-order valence-corrected chi connectivity index (χ0v) is 8.08. The molecule has 0 aliphatic heterocycles. The summed E-state index contributed by atoms with van der Waals surface area (Å²) in [6.45, 7) is 0. The lowest BCUT2D eigenvalue weighted by molar-refractivity contribution is -0.147. The van der Waals surface area contributed by atoms with E-state index in [1.165, 1.54) is 25.4 Å². The van der Waals surface area contributed by atoms with Crippen molar-refractivity contribution in [3.8, 4) is 5.88 Å². The van der Waals surface area contributed by atoms with Crippen LogP contribution in [0.25, 0.3) is 0 Å². The van der Waals surface area contributed by atoms with Crippen LogP contribution in [0.4, 0.5) is 13.2 Å². The third kappa shape index (κ3) is 3.39. The van der Waals surface area contributed by atoms with Crippen molar-refractivity contribution in [3.63, 3.8) is 0 Å². The summed E-state index contributed by atoms with van der Waals surface area (Å²) in [5.41, 5.74) is 5.40. The van der Waals surface area contributed by atoms with E-state index in [0.29, 0.717) is 11.4 Å². The van der Waals surface area contributed by atoms with E-state index < -0.39 is 12.2 Å². The monoisotopic (exact) mass is 220 g/mol. The van der Waals surface area contributed by atoms with Gasteiger partial charge in [0.25, 0.3) is 0 Å². The standard InChI is InChI=1S/C9H11F3N2O/c1-15-8-3-2-6(5-14-8)4-7(13)9(10,11)12/h2-3,5,7H,4,13H2,1H3. The first-order chi connectivity index (χ1) is 6.93. The molecule has 0 aliphatic carbocycles. The maximum absolute atomic E-state index is 12.1. The molecule has 0 aliphatic rings. The van der Waals surface area contributed by atoms with Gasteiger partial charge >= 0.3 is 6.18 Å². The van der Waals surface area contributed by atoms with Crippen LogP contribution in [0.3, 0.4) is 0 Å². The van der Waals surface area contributed by atoms with Crippen molar-refractivity contribution in [2.45, 2.75) is 18.6 Å². The van der Waals surface area contributed by atoms with Gasteiger partial charge in [0, 0.05) is 12.3 Å². The van der Waals surface area contributed by atoms with Crippen molar-refractivity contribution in [2.75, 3.05) is 7.11 Å². The summed E-state index contributed by atoms with van der Waals surface area (Å²) in [4.78, 5) is 3.79. The maximum atomic E-state index is 12.1. The van der Waals surface area contributed by atoms with E-state index in [1.807, 2.05) is 0 Å². The Morgan fingerprint density at radius 2 is 2.13 bits per heavy atom. The Bertz CT molecular complexity index is 310. The second-order valence-electron chi connectivity index (χ2n) is 3.06. The van der Waals surface area contributed by atoms with Gasteiger partial charge in [-0.1, -0.05) is 6.07 Å². The normalized spacial score (nSPS) is 13.7. The lowest BCUT2D eigenvalue weighted by atomic mass is 10.1. The van der Waals surface area contributed by atoms with Crippen LogP contribution in [0.1, 0.15) is 5.56 Å². The Labute approximate surface area is 85.1 Å². The number of hydrogen-bond donors (Lipinski definition) is 1. The molecule has 6 heteroatoms. The predicted octanol–water partition coefficient (Wildman–Crippen LogP) is 1.52. The zero-order chi connectivity index (χ0) is 11.5. The lowest BCUT2D eigenvalue weighted by Gasteiger charge is -2.15. The van der Waals surface area contributed by atoms with Gasteiger partial charge in [-0.3, -0.25) is 0 Å². The minimum absolute atomic E-state index is 0.277. The number of alkyl halides is 3. The summed E-state index contributed by atoms with van der Waals surface area (Å²) >= 11 is 0. The Morgan fingerprint density at radius 1 is 1.47 bits per heavy atom. The van der Waals surface area contributed by atoms with E-state index in [9.17, 15) is 13.2 Å². The van der Waals surface area contributed by atoms with Crippen molar-refractivity contribution in [1.82, 2.24) is 4.98 Å². The van der Waals surface area contributed by atoms with E-state index in [-0.39, 0.29) is 6.42 Å². The van der Waals surface area contributed by atoms with Crippen molar-refractivity contribution < 1.29 is 17.9 Å². The molecule has 0 saturated carbocycles. The molecule has 0 bridgehead atoms. The molecular formula is C9H11F3N2O. The summed E-state index contributed by atoms with van der Waals surface area (Å²) in [5.74, 6) is 0.360. The highest BCUT2D eigenvalue weighted by Gasteiger charge is 2.36.